The second-order valence-corrected chi connectivity index (χ2v) is 7.31. The van der Waals surface area contributed by atoms with Gasteiger partial charge in [-0.15, -0.1) is 0 Å². The summed E-state index contributed by atoms with van der Waals surface area (Å²) in [7, 11) is 0. The molecule has 2 heterocycles. The molecule has 0 fully saturated rings. The average Bonchev–Trinajstić information content (AvgIpc) is 2.67. The SMILES string of the molecule is O=c1cc(C(F)(F)F)c2cc3c(cc2[nH]1)OC[C@@H](Cc1ccccc1)N3CC(F)(F)F. The molecule has 0 spiro atoms. The fourth-order valence-electron chi connectivity index (χ4n) is 3.78. The summed E-state index contributed by atoms with van der Waals surface area (Å²) in [5.41, 5.74) is -1.68. The van der Waals surface area contributed by atoms with E-state index in [2.05, 4.69) is 4.98 Å². The third kappa shape index (κ3) is 4.47. The number of hydrogen-bond donors (Lipinski definition) is 1. The van der Waals surface area contributed by atoms with Gasteiger partial charge in [0.1, 0.15) is 18.9 Å². The number of hydrogen-bond acceptors (Lipinski definition) is 3. The monoisotopic (exact) mass is 442 g/mol. The Morgan fingerprint density at radius 2 is 1.74 bits per heavy atom. The standard InChI is InChI=1S/C21H16F6N2O2/c22-20(23,24)11-29-13(6-12-4-2-1-3-5-12)10-31-18-9-16-14(7-17(18)29)15(21(25,26)27)8-19(30)28-16/h1-5,7-9,13H,6,10-11H2,(H,28,30)/t13-/m1/s1. The molecule has 0 aliphatic carbocycles. The second kappa shape index (κ2) is 7.51. The van der Waals surface area contributed by atoms with Crippen LogP contribution in [0.15, 0.2) is 53.3 Å². The van der Waals surface area contributed by atoms with Gasteiger partial charge in [0, 0.05) is 17.5 Å². The predicted octanol–water partition coefficient (Wildman–Crippen LogP) is 4.92. The summed E-state index contributed by atoms with van der Waals surface area (Å²) in [5.74, 6) is -0.0176. The minimum absolute atomic E-state index is 0.0176. The van der Waals surface area contributed by atoms with E-state index in [1.54, 1.807) is 30.3 Å². The number of halogens is 6. The van der Waals surface area contributed by atoms with Crippen molar-refractivity contribution in [1.82, 2.24) is 4.98 Å². The number of nitrogens with zero attached hydrogens (tertiary/aromatic N) is 1. The number of nitrogens with one attached hydrogen (secondary N) is 1. The summed E-state index contributed by atoms with van der Waals surface area (Å²) in [6.07, 6.45) is -9.23. The number of pyridine rings is 1. The molecule has 1 N–H and O–H groups in total. The lowest BCUT2D eigenvalue weighted by Crippen LogP contribution is -2.48. The van der Waals surface area contributed by atoms with Crippen LogP contribution in [0, 0.1) is 0 Å². The number of H-pyrrole nitrogens is 1. The summed E-state index contributed by atoms with van der Waals surface area (Å²) in [6.45, 7) is -1.44. The van der Waals surface area contributed by atoms with Crippen LogP contribution >= 0.6 is 0 Å². The van der Waals surface area contributed by atoms with E-state index < -0.39 is 41.4 Å². The van der Waals surface area contributed by atoms with Crippen LogP contribution in [-0.2, 0) is 12.6 Å². The topological polar surface area (TPSA) is 45.3 Å². The van der Waals surface area contributed by atoms with Crippen LogP contribution < -0.4 is 15.2 Å². The van der Waals surface area contributed by atoms with Crippen LogP contribution in [0.4, 0.5) is 32.0 Å². The summed E-state index contributed by atoms with van der Waals surface area (Å²) in [6, 6.07) is 10.6. The highest BCUT2D eigenvalue weighted by Crippen LogP contribution is 2.42. The van der Waals surface area contributed by atoms with Gasteiger partial charge in [-0.05, 0) is 18.1 Å². The highest BCUT2D eigenvalue weighted by atomic mass is 19.4. The molecule has 0 amide bonds. The number of anilines is 1. The van der Waals surface area contributed by atoms with E-state index in [4.69, 9.17) is 4.74 Å². The van der Waals surface area contributed by atoms with E-state index in [-0.39, 0.29) is 30.0 Å². The smallest absolute Gasteiger partial charge is 0.417 e. The van der Waals surface area contributed by atoms with Gasteiger partial charge in [0.05, 0.1) is 22.8 Å². The molecule has 4 nitrogen and oxygen atoms in total. The maximum absolute atomic E-state index is 13.5. The Kier molecular flexibility index (Phi) is 5.10. The van der Waals surface area contributed by atoms with E-state index >= 15 is 0 Å². The minimum atomic E-state index is -4.85. The molecular formula is C21H16F6N2O2. The Labute approximate surface area is 172 Å². The van der Waals surface area contributed by atoms with Crippen LogP contribution in [0.5, 0.6) is 5.75 Å². The van der Waals surface area contributed by atoms with Gasteiger partial charge in [-0.25, -0.2) is 0 Å². The van der Waals surface area contributed by atoms with E-state index in [9.17, 15) is 31.1 Å². The summed E-state index contributed by atoms with van der Waals surface area (Å²) in [4.78, 5) is 15.0. The lowest BCUT2D eigenvalue weighted by Gasteiger charge is -2.39. The molecule has 1 atom stereocenters. The third-order valence-corrected chi connectivity index (χ3v) is 5.07. The highest BCUT2D eigenvalue weighted by Gasteiger charge is 2.39. The first-order valence-electron chi connectivity index (χ1n) is 9.30. The van der Waals surface area contributed by atoms with Crippen LogP contribution in [-0.4, -0.2) is 30.4 Å². The van der Waals surface area contributed by atoms with Crippen molar-refractivity contribution >= 4 is 16.6 Å². The predicted molar refractivity (Wildman–Crippen MR) is 102 cm³/mol. The zero-order valence-electron chi connectivity index (χ0n) is 15.8. The van der Waals surface area contributed by atoms with Gasteiger partial charge in [-0.1, -0.05) is 30.3 Å². The lowest BCUT2D eigenvalue weighted by molar-refractivity contribution is -0.136. The molecule has 0 saturated heterocycles. The van der Waals surface area contributed by atoms with Crippen molar-refractivity contribution in [2.75, 3.05) is 18.1 Å². The molecule has 164 valence electrons. The summed E-state index contributed by atoms with van der Waals surface area (Å²) in [5, 5.41) is -0.401. The second-order valence-electron chi connectivity index (χ2n) is 7.31. The molecule has 0 saturated carbocycles. The first kappa shape index (κ1) is 21.1. The van der Waals surface area contributed by atoms with E-state index in [1.165, 1.54) is 0 Å². The Bertz CT molecular complexity index is 1150. The Morgan fingerprint density at radius 3 is 2.39 bits per heavy atom. The quantitative estimate of drug-likeness (QED) is 0.586. The number of rotatable bonds is 3. The van der Waals surface area contributed by atoms with Crippen LogP contribution in [0.3, 0.4) is 0 Å². The van der Waals surface area contributed by atoms with Crippen LogP contribution in [0.25, 0.3) is 10.9 Å². The number of fused-ring (bicyclic) bond motifs is 2. The largest absolute Gasteiger partial charge is 0.489 e. The first-order chi connectivity index (χ1) is 14.5. The Hall–Kier alpha value is -3.17. The Morgan fingerprint density at radius 1 is 1.03 bits per heavy atom. The number of benzene rings is 2. The zero-order valence-corrected chi connectivity index (χ0v) is 15.8. The van der Waals surface area contributed by atoms with E-state index in [0.717, 1.165) is 22.6 Å². The molecular weight excluding hydrogens is 426 g/mol. The molecule has 3 aromatic rings. The van der Waals surface area contributed by atoms with E-state index in [1.807, 2.05) is 0 Å². The van der Waals surface area contributed by atoms with Crippen molar-refractivity contribution in [3.8, 4) is 5.75 Å². The van der Waals surface area contributed by atoms with Crippen molar-refractivity contribution in [2.45, 2.75) is 24.8 Å². The average molecular weight is 442 g/mol. The van der Waals surface area contributed by atoms with Gasteiger partial charge in [0.2, 0.25) is 5.56 Å². The van der Waals surface area contributed by atoms with Gasteiger partial charge < -0.3 is 14.6 Å². The molecule has 0 bridgehead atoms. The molecule has 2 aromatic carbocycles. The van der Waals surface area contributed by atoms with Gasteiger partial charge in [-0.2, -0.15) is 26.3 Å². The fourth-order valence-corrected chi connectivity index (χ4v) is 3.78. The van der Waals surface area contributed by atoms with Gasteiger partial charge >= 0.3 is 12.4 Å². The first-order valence-corrected chi connectivity index (χ1v) is 9.30. The van der Waals surface area contributed by atoms with Crippen molar-refractivity contribution in [3.63, 3.8) is 0 Å². The van der Waals surface area contributed by atoms with Crippen LogP contribution in [0.2, 0.25) is 0 Å². The minimum Gasteiger partial charge on any atom is -0.489 e. The highest BCUT2D eigenvalue weighted by molar-refractivity contribution is 5.89. The molecule has 1 aliphatic heterocycles. The Balaban J connectivity index is 1.85. The van der Waals surface area contributed by atoms with Crippen molar-refractivity contribution < 1.29 is 31.1 Å². The van der Waals surface area contributed by atoms with Gasteiger partial charge in [0.25, 0.3) is 0 Å². The van der Waals surface area contributed by atoms with Crippen molar-refractivity contribution in [3.05, 3.63) is 70.0 Å². The molecule has 4 rings (SSSR count). The fraction of sp³-hybridized carbons (Fsp3) is 0.286. The maximum atomic E-state index is 13.5. The third-order valence-electron chi connectivity index (χ3n) is 5.07. The van der Waals surface area contributed by atoms with E-state index in [0.29, 0.717) is 6.07 Å². The molecule has 1 aromatic heterocycles. The molecule has 31 heavy (non-hydrogen) atoms. The van der Waals surface area contributed by atoms with Gasteiger partial charge in [-0.3, -0.25) is 4.79 Å². The molecule has 0 radical (unpaired) electrons. The lowest BCUT2D eigenvalue weighted by atomic mass is 10.0. The number of ether oxygens (including phenoxy) is 1. The van der Waals surface area contributed by atoms with Gasteiger partial charge in [0.15, 0.2) is 0 Å². The molecule has 1 aliphatic rings. The molecule has 10 heteroatoms. The number of aromatic nitrogens is 1. The number of alkyl halides is 6. The summed E-state index contributed by atoms with van der Waals surface area (Å²) >= 11 is 0. The summed E-state index contributed by atoms with van der Waals surface area (Å²) < 4.78 is 86.2. The molecule has 0 unspecified atom stereocenters. The maximum Gasteiger partial charge on any atom is 0.417 e. The van der Waals surface area contributed by atoms with Crippen LogP contribution in [0.1, 0.15) is 11.1 Å². The van der Waals surface area contributed by atoms with Crippen molar-refractivity contribution in [2.24, 2.45) is 0 Å². The zero-order chi connectivity index (χ0) is 22.4. The van der Waals surface area contributed by atoms with Crippen molar-refractivity contribution in [1.29, 1.82) is 0 Å². The normalized spacial score (nSPS) is 16.8. The number of aromatic amines is 1.